The maximum atomic E-state index is 11.6. The van der Waals surface area contributed by atoms with Gasteiger partial charge in [-0.25, -0.2) is 4.79 Å². The summed E-state index contributed by atoms with van der Waals surface area (Å²) in [6, 6.07) is 7.33. The van der Waals surface area contributed by atoms with Crippen LogP contribution in [0.3, 0.4) is 0 Å². The van der Waals surface area contributed by atoms with Crippen molar-refractivity contribution in [2.45, 2.75) is 6.92 Å². The van der Waals surface area contributed by atoms with Gasteiger partial charge in [-0.05, 0) is 36.8 Å². The highest BCUT2D eigenvalue weighted by Crippen LogP contribution is 2.30. The van der Waals surface area contributed by atoms with Crippen LogP contribution in [-0.2, 0) is 4.74 Å². The molecule has 0 N–H and O–H groups in total. The van der Waals surface area contributed by atoms with Crippen molar-refractivity contribution in [3.63, 3.8) is 0 Å². The number of hydrogen-bond acceptors (Lipinski definition) is 3. The molecule has 0 radical (unpaired) electrons. The van der Waals surface area contributed by atoms with Crippen molar-refractivity contribution in [3.05, 3.63) is 46.1 Å². The molecular weight excluding hydrogens is 284 g/mol. The van der Waals surface area contributed by atoms with Crippen LogP contribution in [0.25, 0.3) is 11.3 Å². The highest BCUT2D eigenvalue weighted by Gasteiger charge is 2.15. The highest BCUT2D eigenvalue weighted by atomic mass is 79.9. The van der Waals surface area contributed by atoms with Gasteiger partial charge < -0.3 is 9.15 Å². The predicted molar refractivity (Wildman–Crippen MR) is 67.9 cm³/mol. The molecule has 4 heteroatoms. The van der Waals surface area contributed by atoms with Gasteiger partial charge in [-0.15, -0.1) is 0 Å². The van der Waals surface area contributed by atoms with Gasteiger partial charge >= 0.3 is 5.97 Å². The summed E-state index contributed by atoms with van der Waals surface area (Å²) in [5.74, 6) is 0.380. The lowest BCUT2D eigenvalue weighted by molar-refractivity contribution is 0.0600. The van der Waals surface area contributed by atoms with E-state index in [4.69, 9.17) is 9.15 Å². The minimum absolute atomic E-state index is 0.350. The fourth-order valence-corrected chi connectivity index (χ4v) is 2.15. The summed E-state index contributed by atoms with van der Waals surface area (Å²) in [6.45, 7) is 1.87. The zero-order valence-corrected chi connectivity index (χ0v) is 11.1. The third-order valence-electron chi connectivity index (χ3n) is 2.56. The molecule has 0 aliphatic heterocycles. The Balaban J connectivity index is 2.62. The second kappa shape index (κ2) is 4.75. The first-order valence-corrected chi connectivity index (χ1v) is 5.85. The topological polar surface area (TPSA) is 39.4 Å². The molecule has 0 unspecified atom stereocenters. The van der Waals surface area contributed by atoms with Gasteiger partial charge in [0, 0.05) is 10.0 Å². The molecule has 0 aliphatic carbocycles. The Bertz CT molecular complexity index is 544. The number of halogens is 1. The van der Waals surface area contributed by atoms with Crippen LogP contribution in [0, 0.1) is 6.92 Å². The van der Waals surface area contributed by atoms with E-state index in [0.29, 0.717) is 5.56 Å². The van der Waals surface area contributed by atoms with E-state index >= 15 is 0 Å². The van der Waals surface area contributed by atoms with Gasteiger partial charge in [0.25, 0.3) is 0 Å². The molecule has 1 aromatic carbocycles. The molecule has 0 saturated carbocycles. The van der Waals surface area contributed by atoms with E-state index in [9.17, 15) is 4.79 Å². The Hall–Kier alpha value is -1.55. The molecule has 0 atom stereocenters. The number of furan rings is 1. The van der Waals surface area contributed by atoms with Gasteiger partial charge in [0.05, 0.1) is 18.9 Å². The first kappa shape index (κ1) is 11.9. The van der Waals surface area contributed by atoms with Crippen LogP contribution in [0.15, 0.2) is 39.4 Å². The molecule has 2 rings (SSSR count). The maximum Gasteiger partial charge on any atom is 0.338 e. The van der Waals surface area contributed by atoms with Crippen molar-refractivity contribution in [2.75, 3.05) is 7.11 Å². The van der Waals surface area contributed by atoms with Crippen molar-refractivity contribution in [1.82, 2.24) is 0 Å². The Morgan fingerprint density at radius 3 is 2.76 bits per heavy atom. The lowest BCUT2D eigenvalue weighted by Crippen LogP contribution is -2.04. The Labute approximate surface area is 108 Å². The standard InChI is InChI=1S/C13H11BrO3/c1-8-10(12-4-3-5-17-12)6-9(14)7-11(8)13(15)16-2/h3-7H,1-2H3. The molecule has 0 aliphatic rings. The first-order chi connectivity index (χ1) is 8.13. The van der Waals surface area contributed by atoms with E-state index < -0.39 is 0 Å². The smallest absolute Gasteiger partial charge is 0.338 e. The van der Waals surface area contributed by atoms with Crippen molar-refractivity contribution in [2.24, 2.45) is 0 Å². The number of esters is 1. The maximum absolute atomic E-state index is 11.6. The van der Waals surface area contributed by atoms with E-state index in [2.05, 4.69) is 15.9 Å². The van der Waals surface area contributed by atoms with Crippen molar-refractivity contribution >= 4 is 21.9 Å². The number of carbonyl (C=O) groups excluding carboxylic acids is 1. The monoisotopic (exact) mass is 294 g/mol. The van der Waals surface area contributed by atoms with Crippen molar-refractivity contribution in [1.29, 1.82) is 0 Å². The minimum atomic E-state index is -0.350. The molecule has 2 aromatic rings. The molecule has 1 heterocycles. The number of methoxy groups -OCH3 is 1. The zero-order valence-electron chi connectivity index (χ0n) is 9.49. The third-order valence-corrected chi connectivity index (χ3v) is 3.02. The number of benzene rings is 1. The largest absolute Gasteiger partial charge is 0.465 e. The van der Waals surface area contributed by atoms with Gasteiger partial charge in [0.1, 0.15) is 5.76 Å². The number of carbonyl (C=O) groups is 1. The number of rotatable bonds is 2. The molecule has 3 nitrogen and oxygen atoms in total. The molecule has 17 heavy (non-hydrogen) atoms. The molecule has 0 spiro atoms. The fraction of sp³-hybridized carbons (Fsp3) is 0.154. The zero-order chi connectivity index (χ0) is 12.4. The van der Waals surface area contributed by atoms with E-state index in [1.165, 1.54) is 7.11 Å². The fourth-order valence-electron chi connectivity index (χ4n) is 1.69. The van der Waals surface area contributed by atoms with Crippen molar-refractivity contribution < 1.29 is 13.9 Å². The summed E-state index contributed by atoms with van der Waals surface area (Å²) < 4.78 is 10.9. The highest BCUT2D eigenvalue weighted by molar-refractivity contribution is 9.10. The Morgan fingerprint density at radius 2 is 2.18 bits per heavy atom. The Morgan fingerprint density at radius 1 is 1.41 bits per heavy atom. The molecule has 0 saturated heterocycles. The first-order valence-electron chi connectivity index (χ1n) is 5.06. The molecule has 0 bridgehead atoms. The SMILES string of the molecule is COC(=O)c1cc(Br)cc(-c2ccco2)c1C. The second-order valence-corrected chi connectivity index (χ2v) is 4.51. The summed E-state index contributed by atoms with van der Waals surface area (Å²) in [5, 5.41) is 0. The van der Waals surface area contributed by atoms with Gasteiger partial charge in [-0.2, -0.15) is 0 Å². The average Bonchev–Trinajstić information content (AvgIpc) is 2.84. The van der Waals surface area contributed by atoms with Crippen LogP contribution < -0.4 is 0 Å². The van der Waals surface area contributed by atoms with E-state index in [-0.39, 0.29) is 5.97 Å². The van der Waals surface area contributed by atoms with Crippen LogP contribution in [0.1, 0.15) is 15.9 Å². The molecule has 88 valence electrons. The summed E-state index contributed by atoms with van der Waals surface area (Å²) in [4.78, 5) is 11.6. The average molecular weight is 295 g/mol. The normalized spacial score (nSPS) is 10.3. The lowest BCUT2D eigenvalue weighted by Gasteiger charge is -2.09. The lowest BCUT2D eigenvalue weighted by atomic mass is 10.0. The van der Waals surface area contributed by atoms with Crippen LogP contribution in [-0.4, -0.2) is 13.1 Å². The van der Waals surface area contributed by atoms with E-state index in [1.807, 2.05) is 25.1 Å². The number of hydrogen-bond donors (Lipinski definition) is 0. The van der Waals surface area contributed by atoms with Crippen LogP contribution >= 0.6 is 15.9 Å². The van der Waals surface area contributed by atoms with Crippen LogP contribution in [0.4, 0.5) is 0 Å². The van der Waals surface area contributed by atoms with Crippen LogP contribution in [0.5, 0.6) is 0 Å². The molecule has 1 aromatic heterocycles. The summed E-state index contributed by atoms with van der Waals surface area (Å²) in [6.07, 6.45) is 1.60. The quantitative estimate of drug-likeness (QED) is 0.791. The minimum Gasteiger partial charge on any atom is -0.465 e. The van der Waals surface area contributed by atoms with E-state index in [0.717, 1.165) is 21.4 Å². The van der Waals surface area contributed by atoms with Gasteiger partial charge in [-0.3, -0.25) is 0 Å². The molecule has 0 fully saturated rings. The molecule has 0 amide bonds. The van der Waals surface area contributed by atoms with E-state index in [1.54, 1.807) is 12.3 Å². The third kappa shape index (κ3) is 2.26. The molecular formula is C13H11BrO3. The van der Waals surface area contributed by atoms with Crippen LogP contribution in [0.2, 0.25) is 0 Å². The number of ether oxygens (including phenoxy) is 1. The second-order valence-electron chi connectivity index (χ2n) is 3.59. The van der Waals surface area contributed by atoms with Gasteiger partial charge in [0.2, 0.25) is 0 Å². The Kier molecular flexibility index (Phi) is 3.33. The predicted octanol–water partition coefficient (Wildman–Crippen LogP) is 3.80. The van der Waals surface area contributed by atoms with Crippen molar-refractivity contribution in [3.8, 4) is 11.3 Å². The summed E-state index contributed by atoms with van der Waals surface area (Å²) in [5.41, 5.74) is 2.26. The van der Waals surface area contributed by atoms with Gasteiger partial charge in [-0.1, -0.05) is 15.9 Å². The van der Waals surface area contributed by atoms with Gasteiger partial charge in [0.15, 0.2) is 0 Å². The summed E-state index contributed by atoms with van der Waals surface area (Å²) in [7, 11) is 1.37. The summed E-state index contributed by atoms with van der Waals surface area (Å²) >= 11 is 3.38.